The molecule has 0 saturated heterocycles. The quantitative estimate of drug-likeness (QED) is 0.229. The van der Waals surface area contributed by atoms with Crippen LogP contribution in [0.1, 0.15) is 5.56 Å². The van der Waals surface area contributed by atoms with E-state index in [1.165, 1.54) is 0 Å². The van der Waals surface area contributed by atoms with Gasteiger partial charge in [-0.15, -0.1) is 0 Å². The molecule has 3 aromatic rings. The van der Waals surface area contributed by atoms with Crippen LogP contribution in [0.5, 0.6) is 11.5 Å². The Hall–Kier alpha value is -3.30. The largest absolute Gasteiger partial charge is 0.457 e. The van der Waals surface area contributed by atoms with Crippen molar-refractivity contribution in [3.8, 4) is 22.6 Å². The van der Waals surface area contributed by atoms with Gasteiger partial charge in [0.25, 0.3) is 0 Å². The van der Waals surface area contributed by atoms with Crippen molar-refractivity contribution in [2.24, 2.45) is 0 Å². The highest BCUT2D eigenvalue weighted by Crippen LogP contribution is 2.37. The zero-order chi connectivity index (χ0) is 21.5. The summed E-state index contributed by atoms with van der Waals surface area (Å²) in [6.45, 7) is 0. The zero-order valence-electron chi connectivity index (χ0n) is 14.1. The molecule has 0 saturated carbocycles. The Labute approximate surface area is 158 Å². The van der Waals surface area contributed by atoms with Crippen LogP contribution in [0, 0.1) is 29.1 Å². The average molecular weight is 419 g/mol. The van der Waals surface area contributed by atoms with Crippen molar-refractivity contribution in [2.75, 3.05) is 5.73 Å². The van der Waals surface area contributed by atoms with Crippen LogP contribution in [-0.4, -0.2) is 0 Å². The van der Waals surface area contributed by atoms with Gasteiger partial charge in [0.15, 0.2) is 23.3 Å². The summed E-state index contributed by atoms with van der Waals surface area (Å²) >= 11 is 0. The van der Waals surface area contributed by atoms with E-state index in [0.29, 0.717) is 0 Å². The lowest BCUT2D eigenvalue weighted by Gasteiger charge is -2.13. The van der Waals surface area contributed by atoms with Crippen molar-refractivity contribution >= 4 is 5.69 Å². The van der Waals surface area contributed by atoms with Gasteiger partial charge >= 0.3 is 6.18 Å². The summed E-state index contributed by atoms with van der Waals surface area (Å²) in [5.74, 6) is -10.7. The number of nitrogen functional groups attached to an aromatic ring is 1. The van der Waals surface area contributed by atoms with Crippen molar-refractivity contribution in [1.29, 1.82) is 0 Å². The first-order valence-electron chi connectivity index (χ1n) is 7.77. The van der Waals surface area contributed by atoms with Gasteiger partial charge in [0.1, 0.15) is 11.5 Å². The van der Waals surface area contributed by atoms with Gasteiger partial charge in [-0.1, -0.05) is 0 Å². The lowest BCUT2D eigenvalue weighted by atomic mass is 10.0. The van der Waals surface area contributed by atoms with Gasteiger partial charge in [-0.25, -0.2) is 22.0 Å². The zero-order valence-corrected chi connectivity index (χ0v) is 14.1. The van der Waals surface area contributed by atoms with Crippen LogP contribution in [0.25, 0.3) is 11.1 Å². The Bertz CT molecular complexity index is 1050. The Morgan fingerprint density at radius 2 is 1.14 bits per heavy atom. The van der Waals surface area contributed by atoms with Crippen LogP contribution in [0.3, 0.4) is 0 Å². The first-order valence-corrected chi connectivity index (χ1v) is 7.77. The molecule has 0 aliphatic carbocycles. The van der Waals surface area contributed by atoms with Gasteiger partial charge in [-0.3, -0.25) is 0 Å². The van der Waals surface area contributed by atoms with E-state index in [2.05, 4.69) is 0 Å². The molecule has 29 heavy (non-hydrogen) atoms. The molecule has 0 aliphatic heterocycles. The Balaban J connectivity index is 1.94. The second kappa shape index (κ2) is 7.26. The molecule has 2 nitrogen and oxygen atoms in total. The number of alkyl halides is 3. The molecule has 152 valence electrons. The molecule has 0 heterocycles. The first-order chi connectivity index (χ1) is 13.5. The maximum absolute atomic E-state index is 14.0. The lowest BCUT2D eigenvalue weighted by Crippen LogP contribution is -2.05. The number of anilines is 1. The molecule has 0 amide bonds. The highest BCUT2D eigenvalue weighted by molar-refractivity contribution is 5.78. The van der Waals surface area contributed by atoms with Gasteiger partial charge in [-0.2, -0.15) is 13.2 Å². The SMILES string of the molecule is Nc1cc(Oc2ccc(C(F)(F)F)cc2)ccc1-c1c(F)c(F)c(F)c(F)c1F. The molecule has 3 aromatic carbocycles. The van der Waals surface area contributed by atoms with Crippen LogP contribution in [0.4, 0.5) is 40.8 Å². The van der Waals surface area contributed by atoms with E-state index in [-0.39, 0.29) is 17.2 Å². The number of hydrogen-bond donors (Lipinski definition) is 1. The number of hydrogen-bond acceptors (Lipinski definition) is 2. The van der Waals surface area contributed by atoms with Crippen molar-refractivity contribution in [1.82, 2.24) is 0 Å². The summed E-state index contributed by atoms with van der Waals surface area (Å²) in [5.41, 5.74) is 2.71. The fraction of sp³-hybridized carbons (Fsp3) is 0.0526. The fourth-order valence-corrected chi connectivity index (χ4v) is 2.52. The molecule has 0 bridgehead atoms. The lowest BCUT2D eigenvalue weighted by molar-refractivity contribution is -0.137. The summed E-state index contributed by atoms with van der Waals surface area (Å²) in [7, 11) is 0. The minimum absolute atomic E-state index is 0.00128. The summed E-state index contributed by atoms with van der Waals surface area (Å²) in [4.78, 5) is 0. The first kappa shape index (κ1) is 20.4. The topological polar surface area (TPSA) is 35.2 Å². The van der Waals surface area contributed by atoms with E-state index in [4.69, 9.17) is 10.5 Å². The third-order valence-corrected chi connectivity index (χ3v) is 3.92. The molecule has 0 atom stereocenters. The van der Waals surface area contributed by atoms with Gasteiger partial charge in [0.05, 0.1) is 11.1 Å². The van der Waals surface area contributed by atoms with Crippen molar-refractivity contribution < 1.29 is 39.9 Å². The highest BCUT2D eigenvalue weighted by atomic mass is 19.4. The third kappa shape index (κ3) is 3.82. The molecule has 0 aliphatic rings. The molecule has 3 rings (SSSR count). The van der Waals surface area contributed by atoms with E-state index in [1.807, 2.05) is 0 Å². The van der Waals surface area contributed by atoms with Crippen LogP contribution < -0.4 is 10.5 Å². The molecule has 0 unspecified atom stereocenters. The van der Waals surface area contributed by atoms with E-state index in [9.17, 15) is 35.1 Å². The predicted octanol–water partition coefficient (Wildman–Crippen LogP) is 6.44. The number of rotatable bonds is 3. The maximum Gasteiger partial charge on any atom is 0.416 e. The van der Waals surface area contributed by atoms with Gasteiger partial charge in [-0.05, 0) is 36.4 Å². The summed E-state index contributed by atoms with van der Waals surface area (Å²) < 4.78 is 111. The Morgan fingerprint density at radius 3 is 1.62 bits per heavy atom. The van der Waals surface area contributed by atoms with Crippen LogP contribution in [-0.2, 0) is 6.18 Å². The predicted molar refractivity (Wildman–Crippen MR) is 87.6 cm³/mol. The molecule has 10 heteroatoms. The molecular formula is C19H9F8NO. The monoisotopic (exact) mass is 419 g/mol. The number of nitrogens with two attached hydrogens (primary N) is 1. The van der Waals surface area contributed by atoms with Crippen LogP contribution in [0.2, 0.25) is 0 Å². The Morgan fingerprint density at radius 1 is 0.655 bits per heavy atom. The fourth-order valence-electron chi connectivity index (χ4n) is 2.52. The molecule has 0 radical (unpaired) electrons. The molecule has 0 aromatic heterocycles. The van der Waals surface area contributed by atoms with Crippen molar-refractivity contribution in [2.45, 2.75) is 6.18 Å². The van der Waals surface area contributed by atoms with Crippen LogP contribution in [0.15, 0.2) is 42.5 Å². The van der Waals surface area contributed by atoms with Crippen molar-refractivity contribution in [3.05, 3.63) is 77.1 Å². The molecule has 0 fully saturated rings. The van der Waals surface area contributed by atoms with Gasteiger partial charge in [0, 0.05) is 17.3 Å². The second-order valence-corrected chi connectivity index (χ2v) is 5.82. The molecule has 2 N–H and O–H groups in total. The maximum atomic E-state index is 14.0. The third-order valence-electron chi connectivity index (χ3n) is 3.92. The summed E-state index contributed by atoms with van der Waals surface area (Å²) in [6.07, 6.45) is -4.53. The second-order valence-electron chi connectivity index (χ2n) is 5.82. The van der Waals surface area contributed by atoms with E-state index in [1.54, 1.807) is 0 Å². The standard InChI is InChI=1S/C19H9F8NO/c20-14-13(15(21)17(23)18(24)16(14)22)11-6-5-10(7-12(11)28)29-9-3-1-8(2-4-9)19(25,26)27/h1-7H,28H2. The molecular weight excluding hydrogens is 410 g/mol. The summed E-state index contributed by atoms with van der Waals surface area (Å²) in [5, 5.41) is 0. The van der Waals surface area contributed by atoms with Crippen molar-refractivity contribution in [3.63, 3.8) is 0 Å². The minimum atomic E-state index is -4.53. The minimum Gasteiger partial charge on any atom is -0.457 e. The van der Waals surface area contributed by atoms with Gasteiger partial charge < -0.3 is 10.5 Å². The highest BCUT2D eigenvalue weighted by Gasteiger charge is 2.30. The van der Waals surface area contributed by atoms with E-state index >= 15 is 0 Å². The van der Waals surface area contributed by atoms with E-state index < -0.39 is 52.0 Å². The summed E-state index contributed by atoms with van der Waals surface area (Å²) in [6, 6.07) is 6.75. The van der Waals surface area contributed by atoms with E-state index in [0.717, 1.165) is 42.5 Å². The van der Waals surface area contributed by atoms with Gasteiger partial charge in [0.2, 0.25) is 5.82 Å². The smallest absolute Gasteiger partial charge is 0.416 e. The number of benzene rings is 3. The normalized spacial score (nSPS) is 11.6. The number of halogens is 8. The van der Waals surface area contributed by atoms with Crippen LogP contribution >= 0.6 is 0 Å². The number of ether oxygens (including phenoxy) is 1. The average Bonchev–Trinajstić information content (AvgIpc) is 2.66. The Kier molecular flexibility index (Phi) is 5.12. The molecule has 0 spiro atoms.